The van der Waals surface area contributed by atoms with Gasteiger partial charge in [0.25, 0.3) is 5.91 Å². The van der Waals surface area contributed by atoms with Crippen LogP contribution in [-0.4, -0.2) is 16.8 Å². The van der Waals surface area contributed by atoms with Crippen LogP contribution in [-0.2, 0) is 10.2 Å². The number of pyridine rings is 1. The van der Waals surface area contributed by atoms with Gasteiger partial charge in [-0.3, -0.25) is 9.59 Å². The minimum absolute atomic E-state index is 0.119. The standard InChI is InChI=1S/C17H16ClN3O2/c18-12-5-1-4-11(10-12)17(8-3-9-17)16(23)21-14-7-2-6-13(20-14)15(19)22/h1-2,4-7,10H,3,8-9H2,(H2,19,22)(H,20,21,23). The Hall–Kier alpha value is -2.40. The second-order valence-electron chi connectivity index (χ2n) is 5.67. The molecule has 1 aromatic carbocycles. The molecule has 0 unspecified atom stereocenters. The number of benzene rings is 1. The first-order chi connectivity index (χ1) is 11.0. The van der Waals surface area contributed by atoms with Gasteiger partial charge in [0.05, 0.1) is 5.41 Å². The Morgan fingerprint density at radius 3 is 2.52 bits per heavy atom. The molecule has 118 valence electrons. The molecule has 1 heterocycles. The normalized spacial score (nSPS) is 15.5. The third-order valence-electron chi connectivity index (χ3n) is 4.26. The SMILES string of the molecule is NC(=O)c1cccc(NC(=O)C2(c3cccc(Cl)c3)CCC2)n1. The number of primary amides is 1. The van der Waals surface area contributed by atoms with Crippen molar-refractivity contribution in [3.63, 3.8) is 0 Å². The molecule has 3 N–H and O–H groups in total. The summed E-state index contributed by atoms with van der Waals surface area (Å²) in [7, 11) is 0. The molecule has 3 rings (SSSR count). The van der Waals surface area contributed by atoms with E-state index in [9.17, 15) is 9.59 Å². The van der Waals surface area contributed by atoms with E-state index in [2.05, 4.69) is 10.3 Å². The van der Waals surface area contributed by atoms with Gasteiger partial charge < -0.3 is 11.1 Å². The lowest BCUT2D eigenvalue weighted by Crippen LogP contribution is -2.46. The molecule has 1 aromatic heterocycles. The molecule has 5 nitrogen and oxygen atoms in total. The maximum atomic E-state index is 12.8. The van der Waals surface area contributed by atoms with Crippen LogP contribution in [0.5, 0.6) is 0 Å². The van der Waals surface area contributed by atoms with E-state index in [4.69, 9.17) is 17.3 Å². The number of nitrogens with zero attached hydrogens (tertiary/aromatic N) is 1. The molecule has 2 amide bonds. The summed E-state index contributed by atoms with van der Waals surface area (Å²) in [5, 5.41) is 3.40. The number of hydrogen-bond acceptors (Lipinski definition) is 3. The predicted molar refractivity (Wildman–Crippen MR) is 88.4 cm³/mol. The first-order valence-electron chi connectivity index (χ1n) is 7.36. The number of carbonyl (C=O) groups is 2. The van der Waals surface area contributed by atoms with E-state index in [0.29, 0.717) is 10.8 Å². The number of hydrogen-bond donors (Lipinski definition) is 2. The molecule has 1 aliphatic carbocycles. The van der Waals surface area contributed by atoms with E-state index in [1.54, 1.807) is 18.2 Å². The Kier molecular flexibility index (Phi) is 4.05. The molecule has 23 heavy (non-hydrogen) atoms. The summed E-state index contributed by atoms with van der Waals surface area (Å²) in [5.74, 6) is -0.450. The largest absolute Gasteiger partial charge is 0.364 e. The quantitative estimate of drug-likeness (QED) is 0.904. The number of anilines is 1. The molecule has 0 saturated heterocycles. The van der Waals surface area contributed by atoms with Crippen LogP contribution < -0.4 is 11.1 Å². The molecule has 0 radical (unpaired) electrons. The predicted octanol–water partition coefficient (Wildman–Crippen LogP) is 2.89. The number of nitrogens with one attached hydrogen (secondary N) is 1. The van der Waals surface area contributed by atoms with Gasteiger partial charge in [-0.25, -0.2) is 4.98 Å². The maximum absolute atomic E-state index is 12.8. The minimum Gasteiger partial charge on any atom is -0.364 e. The molecule has 1 saturated carbocycles. The fourth-order valence-electron chi connectivity index (χ4n) is 2.84. The van der Waals surface area contributed by atoms with Crippen LogP contribution in [0.3, 0.4) is 0 Å². The Balaban J connectivity index is 1.86. The zero-order valence-corrected chi connectivity index (χ0v) is 13.1. The van der Waals surface area contributed by atoms with Crippen molar-refractivity contribution >= 4 is 29.2 Å². The summed E-state index contributed by atoms with van der Waals surface area (Å²) < 4.78 is 0. The molecule has 0 bridgehead atoms. The number of aromatic nitrogens is 1. The molecule has 0 aliphatic heterocycles. The van der Waals surface area contributed by atoms with Gasteiger partial charge in [-0.2, -0.15) is 0 Å². The molecular weight excluding hydrogens is 314 g/mol. The molecular formula is C17H16ClN3O2. The van der Waals surface area contributed by atoms with Crippen LogP contribution in [0.4, 0.5) is 5.82 Å². The van der Waals surface area contributed by atoms with E-state index < -0.39 is 11.3 Å². The zero-order valence-electron chi connectivity index (χ0n) is 12.4. The van der Waals surface area contributed by atoms with Gasteiger partial charge in [0.1, 0.15) is 11.5 Å². The van der Waals surface area contributed by atoms with E-state index in [0.717, 1.165) is 24.8 Å². The maximum Gasteiger partial charge on any atom is 0.267 e. The molecule has 0 spiro atoms. The van der Waals surface area contributed by atoms with Crippen LogP contribution in [0, 0.1) is 0 Å². The number of nitrogens with two attached hydrogens (primary N) is 1. The highest BCUT2D eigenvalue weighted by Gasteiger charge is 2.45. The lowest BCUT2D eigenvalue weighted by molar-refractivity contribution is -0.124. The molecule has 0 atom stereocenters. The van der Waals surface area contributed by atoms with Crippen molar-refractivity contribution < 1.29 is 9.59 Å². The Bertz CT molecular complexity index is 772. The summed E-state index contributed by atoms with van der Waals surface area (Å²) in [6.07, 6.45) is 2.50. The van der Waals surface area contributed by atoms with E-state index in [1.165, 1.54) is 6.07 Å². The van der Waals surface area contributed by atoms with Crippen LogP contribution in [0.2, 0.25) is 5.02 Å². The average Bonchev–Trinajstić information content (AvgIpc) is 2.46. The summed E-state index contributed by atoms with van der Waals surface area (Å²) in [5.41, 5.74) is 5.65. The summed E-state index contributed by atoms with van der Waals surface area (Å²) >= 11 is 6.06. The fraction of sp³-hybridized carbons (Fsp3) is 0.235. The third kappa shape index (κ3) is 2.92. The fourth-order valence-corrected chi connectivity index (χ4v) is 3.03. The lowest BCUT2D eigenvalue weighted by Gasteiger charge is -2.40. The number of halogens is 1. The highest BCUT2D eigenvalue weighted by atomic mass is 35.5. The third-order valence-corrected chi connectivity index (χ3v) is 4.50. The second-order valence-corrected chi connectivity index (χ2v) is 6.11. The van der Waals surface area contributed by atoms with E-state index in [1.807, 2.05) is 18.2 Å². The average molecular weight is 330 g/mol. The van der Waals surface area contributed by atoms with E-state index >= 15 is 0 Å². The zero-order chi connectivity index (χ0) is 16.4. The van der Waals surface area contributed by atoms with Crippen molar-refractivity contribution in [2.75, 3.05) is 5.32 Å². The van der Waals surface area contributed by atoms with Gasteiger partial charge in [-0.15, -0.1) is 0 Å². The summed E-state index contributed by atoms with van der Waals surface area (Å²) in [4.78, 5) is 28.1. The molecule has 6 heteroatoms. The van der Waals surface area contributed by atoms with Crippen LogP contribution in [0.15, 0.2) is 42.5 Å². The highest BCUT2D eigenvalue weighted by Crippen LogP contribution is 2.45. The second kappa shape index (κ2) is 6.01. The smallest absolute Gasteiger partial charge is 0.267 e. The molecule has 2 aromatic rings. The monoisotopic (exact) mass is 329 g/mol. The first-order valence-corrected chi connectivity index (χ1v) is 7.73. The van der Waals surface area contributed by atoms with Crippen molar-refractivity contribution in [1.29, 1.82) is 0 Å². The first kappa shape index (κ1) is 15.5. The van der Waals surface area contributed by atoms with Crippen LogP contribution in [0.25, 0.3) is 0 Å². The van der Waals surface area contributed by atoms with Crippen molar-refractivity contribution in [1.82, 2.24) is 4.98 Å². The summed E-state index contributed by atoms with van der Waals surface area (Å²) in [6, 6.07) is 12.1. The van der Waals surface area contributed by atoms with Gasteiger partial charge in [0.2, 0.25) is 5.91 Å². The van der Waals surface area contributed by atoms with Crippen LogP contribution >= 0.6 is 11.6 Å². The lowest BCUT2D eigenvalue weighted by atomic mass is 9.64. The van der Waals surface area contributed by atoms with Crippen LogP contribution in [0.1, 0.15) is 35.3 Å². The highest BCUT2D eigenvalue weighted by molar-refractivity contribution is 6.30. The summed E-state index contributed by atoms with van der Waals surface area (Å²) in [6.45, 7) is 0. The van der Waals surface area contributed by atoms with Gasteiger partial charge in [-0.1, -0.05) is 36.2 Å². The van der Waals surface area contributed by atoms with Crippen molar-refractivity contribution in [2.45, 2.75) is 24.7 Å². The van der Waals surface area contributed by atoms with Gasteiger partial charge in [-0.05, 0) is 42.7 Å². The number of amides is 2. The van der Waals surface area contributed by atoms with Gasteiger partial charge in [0.15, 0.2) is 0 Å². The molecule has 1 aliphatic rings. The topological polar surface area (TPSA) is 85.1 Å². The van der Waals surface area contributed by atoms with Gasteiger partial charge >= 0.3 is 0 Å². The molecule has 1 fully saturated rings. The Morgan fingerprint density at radius 2 is 1.91 bits per heavy atom. The Morgan fingerprint density at radius 1 is 1.17 bits per heavy atom. The number of rotatable bonds is 4. The van der Waals surface area contributed by atoms with Gasteiger partial charge in [0, 0.05) is 5.02 Å². The van der Waals surface area contributed by atoms with Crippen molar-refractivity contribution in [3.05, 3.63) is 58.7 Å². The Labute approximate surface area is 138 Å². The minimum atomic E-state index is -0.630. The van der Waals surface area contributed by atoms with Crippen molar-refractivity contribution in [3.8, 4) is 0 Å². The number of carbonyl (C=O) groups excluding carboxylic acids is 2. The van der Waals surface area contributed by atoms with E-state index in [-0.39, 0.29) is 11.6 Å². The van der Waals surface area contributed by atoms with Crippen molar-refractivity contribution in [2.24, 2.45) is 5.73 Å².